The van der Waals surface area contributed by atoms with E-state index in [1.165, 1.54) is 22.0 Å². The van der Waals surface area contributed by atoms with Crippen LogP contribution in [0.25, 0.3) is 0 Å². The second-order valence-electron chi connectivity index (χ2n) is 8.46. The molecule has 0 radical (unpaired) electrons. The van der Waals surface area contributed by atoms with E-state index in [1.807, 2.05) is 24.3 Å². The summed E-state index contributed by atoms with van der Waals surface area (Å²) in [7, 11) is 3.28. The number of hydrogen-bond donors (Lipinski definition) is 0. The molecule has 0 saturated heterocycles. The lowest BCUT2D eigenvalue weighted by molar-refractivity contribution is -0.142. The Balaban J connectivity index is 1.58. The van der Waals surface area contributed by atoms with Crippen LogP contribution in [0.5, 0.6) is 5.75 Å². The molecule has 1 aliphatic carbocycles. The smallest absolute Gasteiger partial charge is 0.262 e. The number of carbonyl (C=O) groups is 2. The van der Waals surface area contributed by atoms with E-state index in [2.05, 4.69) is 5.10 Å². The average Bonchev–Trinajstić information content (AvgIpc) is 3.50. The number of rotatable bonds is 6. The molecule has 1 heterocycles. The maximum Gasteiger partial charge on any atom is 0.262 e. The predicted octanol–water partition coefficient (Wildman–Crippen LogP) is 4.16. The Bertz CT molecular complexity index is 1020. The molecule has 2 aromatic rings. The largest absolute Gasteiger partial charge is 0.497 e. The first-order valence-corrected chi connectivity index (χ1v) is 11.0. The Labute approximate surface area is 187 Å². The van der Waals surface area contributed by atoms with Crippen LogP contribution < -0.4 is 4.74 Å². The van der Waals surface area contributed by atoms with Gasteiger partial charge in [-0.2, -0.15) is 5.10 Å². The fraction of sp³-hybridized carbons (Fsp3) is 0.400. The summed E-state index contributed by atoms with van der Waals surface area (Å²) in [5.41, 5.74) is 2.41. The zero-order valence-electron chi connectivity index (χ0n) is 18.5. The van der Waals surface area contributed by atoms with E-state index in [-0.39, 0.29) is 36.1 Å². The van der Waals surface area contributed by atoms with Crippen molar-refractivity contribution >= 4 is 17.5 Å². The summed E-state index contributed by atoms with van der Waals surface area (Å²) in [5, 5.41) is 6.08. The van der Waals surface area contributed by atoms with E-state index in [0.29, 0.717) is 12.2 Å². The van der Waals surface area contributed by atoms with E-state index < -0.39 is 0 Å². The van der Waals surface area contributed by atoms with Crippen molar-refractivity contribution in [2.24, 2.45) is 11.0 Å². The number of benzene rings is 2. The van der Waals surface area contributed by atoms with Gasteiger partial charge in [0.1, 0.15) is 18.1 Å². The van der Waals surface area contributed by atoms with E-state index in [1.54, 1.807) is 26.3 Å². The van der Waals surface area contributed by atoms with Crippen molar-refractivity contribution in [1.29, 1.82) is 0 Å². The summed E-state index contributed by atoms with van der Waals surface area (Å²) in [6.07, 6.45) is 4.38. The Morgan fingerprint density at radius 1 is 1.16 bits per heavy atom. The van der Waals surface area contributed by atoms with Crippen molar-refractivity contribution in [3.8, 4) is 5.75 Å². The van der Waals surface area contributed by atoms with Gasteiger partial charge in [0.05, 0.1) is 18.9 Å². The van der Waals surface area contributed by atoms with Crippen LogP contribution in [0.4, 0.5) is 4.39 Å². The van der Waals surface area contributed by atoms with Gasteiger partial charge in [0.15, 0.2) is 0 Å². The molecule has 1 aliphatic heterocycles. The van der Waals surface area contributed by atoms with E-state index in [9.17, 15) is 14.0 Å². The number of ether oxygens (including phenoxy) is 1. The fourth-order valence-corrected chi connectivity index (χ4v) is 4.50. The highest BCUT2D eigenvalue weighted by Crippen LogP contribution is 2.34. The van der Waals surface area contributed by atoms with Gasteiger partial charge >= 0.3 is 0 Å². The van der Waals surface area contributed by atoms with Crippen LogP contribution in [-0.2, 0) is 9.59 Å². The lowest BCUT2D eigenvalue weighted by Gasteiger charge is -2.26. The van der Waals surface area contributed by atoms with Crippen molar-refractivity contribution in [3.63, 3.8) is 0 Å². The van der Waals surface area contributed by atoms with Crippen LogP contribution in [0.3, 0.4) is 0 Å². The number of methoxy groups -OCH3 is 1. The minimum Gasteiger partial charge on any atom is -0.497 e. The van der Waals surface area contributed by atoms with Crippen LogP contribution in [-0.4, -0.2) is 48.1 Å². The zero-order chi connectivity index (χ0) is 22.7. The normalized spacial score (nSPS) is 18.5. The first kappa shape index (κ1) is 22.0. The van der Waals surface area contributed by atoms with Crippen LogP contribution >= 0.6 is 0 Å². The summed E-state index contributed by atoms with van der Waals surface area (Å²) in [5.74, 6) is 0.141. The summed E-state index contributed by atoms with van der Waals surface area (Å²) < 4.78 is 18.8. The third kappa shape index (κ3) is 4.66. The van der Waals surface area contributed by atoms with Gasteiger partial charge in [0.2, 0.25) is 5.91 Å². The highest BCUT2D eigenvalue weighted by atomic mass is 19.1. The highest BCUT2D eigenvalue weighted by Gasteiger charge is 2.35. The van der Waals surface area contributed by atoms with Crippen molar-refractivity contribution in [2.45, 2.75) is 38.1 Å². The third-order valence-corrected chi connectivity index (χ3v) is 6.28. The molecule has 0 spiro atoms. The topological polar surface area (TPSA) is 62.2 Å². The van der Waals surface area contributed by atoms with E-state index in [4.69, 9.17) is 4.74 Å². The van der Waals surface area contributed by atoms with Crippen molar-refractivity contribution in [3.05, 3.63) is 65.5 Å². The lowest BCUT2D eigenvalue weighted by atomic mass is 9.98. The summed E-state index contributed by atoms with van der Waals surface area (Å²) in [6.45, 7) is -0.0398. The van der Waals surface area contributed by atoms with E-state index in [0.717, 1.165) is 42.5 Å². The van der Waals surface area contributed by atoms with Crippen LogP contribution in [0.15, 0.2) is 53.6 Å². The molecule has 168 valence electrons. The molecular weight excluding hydrogens is 409 g/mol. The Morgan fingerprint density at radius 3 is 2.56 bits per heavy atom. The molecular formula is C25H28FN3O3. The van der Waals surface area contributed by atoms with Crippen molar-refractivity contribution in [1.82, 2.24) is 9.91 Å². The van der Waals surface area contributed by atoms with Gasteiger partial charge in [-0.25, -0.2) is 9.40 Å². The Kier molecular flexibility index (Phi) is 6.53. The predicted molar refractivity (Wildman–Crippen MR) is 120 cm³/mol. The molecule has 32 heavy (non-hydrogen) atoms. The number of halogens is 1. The van der Waals surface area contributed by atoms with Crippen LogP contribution in [0, 0.1) is 11.7 Å². The van der Waals surface area contributed by atoms with Gasteiger partial charge in [-0.1, -0.05) is 37.1 Å². The highest BCUT2D eigenvalue weighted by molar-refractivity contribution is 6.03. The summed E-state index contributed by atoms with van der Waals surface area (Å²) >= 11 is 0. The second kappa shape index (κ2) is 9.51. The number of hydrazone groups is 1. The fourth-order valence-electron chi connectivity index (χ4n) is 4.50. The maximum absolute atomic E-state index is 13.5. The minimum absolute atomic E-state index is 0.00937. The SMILES string of the molecule is COc1cccc(C2=NN(C(=O)CN(C)C(=O)C3CCCC3)[C@@H](c3ccc(F)cc3)C2)c1. The molecule has 0 N–H and O–H groups in total. The first-order valence-electron chi connectivity index (χ1n) is 11.0. The molecule has 2 aromatic carbocycles. The van der Waals surface area contributed by atoms with E-state index >= 15 is 0 Å². The number of carbonyl (C=O) groups excluding carboxylic acids is 2. The van der Waals surface area contributed by atoms with Gasteiger partial charge in [-0.3, -0.25) is 9.59 Å². The number of likely N-dealkylation sites (N-methyl/N-ethyl adjacent to an activating group) is 1. The molecule has 1 saturated carbocycles. The third-order valence-electron chi connectivity index (χ3n) is 6.28. The standard InChI is InChI=1S/C25H28FN3O3/c1-28(25(31)18-6-3-4-7-18)16-24(30)29-23(17-10-12-20(26)13-11-17)15-22(27-29)19-8-5-9-21(14-19)32-2/h5,8-14,18,23H,3-4,6-7,15-16H2,1-2H3/t23-/m1/s1. The molecule has 2 aliphatic rings. The van der Waals surface area contributed by atoms with Crippen LogP contribution in [0.1, 0.15) is 49.3 Å². The van der Waals surface area contributed by atoms with Gasteiger partial charge in [-0.05, 0) is 42.7 Å². The molecule has 4 rings (SSSR count). The second-order valence-corrected chi connectivity index (χ2v) is 8.46. The minimum atomic E-state index is -0.362. The molecule has 7 heteroatoms. The monoisotopic (exact) mass is 437 g/mol. The molecule has 2 amide bonds. The summed E-state index contributed by atoms with van der Waals surface area (Å²) in [6, 6.07) is 13.3. The van der Waals surface area contributed by atoms with Gasteiger partial charge < -0.3 is 9.64 Å². The number of nitrogens with zero attached hydrogens (tertiary/aromatic N) is 3. The molecule has 0 unspecified atom stereocenters. The average molecular weight is 438 g/mol. The summed E-state index contributed by atoms with van der Waals surface area (Å²) in [4.78, 5) is 27.5. The number of hydrogen-bond acceptors (Lipinski definition) is 4. The Hall–Kier alpha value is -3.22. The quantitative estimate of drug-likeness (QED) is 0.682. The lowest BCUT2D eigenvalue weighted by Crippen LogP contribution is -2.41. The molecule has 0 bridgehead atoms. The first-order chi connectivity index (χ1) is 15.5. The molecule has 0 aromatic heterocycles. The zero-order valence-corrected chi connectivity index (χ0v) is 18.5. The molecule has 6 nitrogen and oxygen atoms in total. The van der Waals surface area contributed by atoms with Crippen molar-refractivity contribution < 1.29 is 18.7 Å². The van der Waals surface area contributed by atoms with Gasteiger partial charge in [0.25, 0.3) is 5.91 Å². The number of amides is 2. The molecule has 1 fully saturated rings. The van der Waals surface area contributed by atoms with Gasteiger partial charge in [0, 0.05) is 24.9 Å². The maximum atomic E-state index is 13.5. The molecule has 1 atom stereocenters. The van der Waals surface area contributed by atoms with Crippen molar-refractivity contribution in [2.75, 3.05) is 20.7 Å². The Morgan fingerprint density at radius 2 is 1.88 bits per heavy atom. The van der Waals surface area contributed by atoms with Crippen LogP contribution in [0.2, 0.25) is 0 Å². The van der Waals surface area contributed by atoms with Gasteiger partial charge in [-0.15, -0.1) is 0 Å².